The Morgan fingerprint density at radius 1 is 1.33 bits per heavy atom. The molecule has 3 heteroatoms. The number of nitrogens with zero attached hydrogens (tertiary/aromatic N) is 1. The van der Waals surface area contributed by atoms with Crippen molar-refractivity contribution in [2.24, 2.45) is 7.05 Å². The Morgan fingerprint density at radius 3 is 2.89 bits per heavy atom. The van der Waals surface area contributed by atoms with Crippen molar-refractivity contribution < 1.29 is 0 Å². The predicted molar refractivity (Wildman–Crippen MR) is 79.7 cm³/mol. The molecule has 1 saturated carbocycles. The van der Waals surface area contributed by atoms with Gasteiger partial charge in [0.25, 0.3) is 0 Å². The van der Waals surface area contributed by atoms with Gasteiger partial charge in [-0.3, -0.25) is 0 Å². The van der Waals surface area contributed by atoms with Gasteiger partial charge in [-0.1, -0.05) is 34.8 Å². The van der Waals surface area contributed by atoms with Crippen molar-refractivity contribution in [2.75, 3.05) is 0 Å². The first-order chi connectivity index (χ1) is 8.75. The fourth-order valence-corrected chi connectivity index (χ4v) is 3.62. The molecule has 1 aromatic heterocycles. The second-order valence-electron chi connectivity index (χ2n) is 5.26. The third-order valence-electron chi connectivity index (χ3n) is 3.98. The Morgan fingerprint density at radius 2 is 2.11 bits per heavy atom. The summed E-state index contributed by atoms with van der Waals surface area (Å²) in [4.78, 5) is 0. The van der Waals surface area contributed by atoms with E-state index in [1.165, 1.54) is 46.6 Å². The molecule has 3 rings (SSSR count). The van der Waals surface area contributed by atoms with E-state index in [9.17, 15) is 0 Å². The van der Waals surface area contributed by atoms with Crippen molar-refractivity contribution in [1.29, 1.82) is 0 Å². The molecule has 0 spiro atoms. The largest absolute Gasteiger partial charge is 0.350 e. The molecule has 1 aromatic carbocycles. The second-order valence-corrected chi connectivity index (χ2v) is 6.12. The minimum absolute atomic E-state index is 0.725. The van der Waals surface area contributed by atoms with Gasteiger partial charge in [0.1, 0.15) is 0 Å². The summed E-state index contributed by atoms with van der Waals surface area (Å²) < 4.78 is 3.41. The van der Waals surface area contributed by atoms with Crippen LogP contribution in [-0.2, 0) is 13.6 Å². The number of rotatable bonds is 3. The van der Waals surface area contributed by atoms with E-state index >= 15 is 0 Å². The van der Waals surface area contributed by atoms with Gasteiger partial charge in [0.2, 0.25) is 0 Å². The van der Waals surface area contributed by atoms with Gasteiger partial charge in [0, 0.05) is 41.2 Å². The summed E-state index contributed by atoms with van der Waals surface area (Å²) in [6.45, 7) is 0.977. The number of fused-ring (bicyclic) bond motifs is 1. The molecule has 1 heterocycles. The van der Waals surface area contributed by atoms with Crippen LogP contribution in [0.4, 0.5) is 0 Å². The molecule has 2 nitrogen and oxygen atoms in total. The number of aryl methyl sites for hydroxylation is 1. The monoisotopic (exact) mass is 306 g/mol. The van der Waals surface area contributed by atoms with Crippen LogP contribution in [0.3, 0.4) is 0 Å². The van der Waals surface area contributed by atoms with Gasteiger partial charge in [-0.2, -0.15) is 0 Å². The van der Waals surface area contributed by atoms with E-state index in [0.29, 0.717) is 0 Å². The van der Waals surface area contributed by atoms with Crippen LogP contribution in [0.1, 0.15) is 31.2 Å². The zero-order valence-electron chi connectivity index (χ0n) is 10.7. The number of benzene rings is 1. The van der Waals surface area contributed by atoms with Crippen LogP contribution in [0.25, 0.3) is 10.9 Å². The van der Waals surface area contributed by atoms with E-state index in [-0.39, 0.29) is 0 Å². The molecule has 0 unspecified atom stereocenters. The predicted octanol–water partition coefficient (Wildman–Crippen LogP) is 3.97. The fourth-order valence-electron chi connectivity index (χ4n) is 3.01. The Bertz CT molecular complexity index is 553. The van der Waals surface area contributed by atoms with Gasteiger partial charge in [-0.25, -0.2) is 0 Å². The quantitative estimate of drug-likeness (QED) is 0.908. The molecule has 0 saturated heterocycles. The molecule has 0 radical (unpaired) electrons. The highest BCUT2D eigenvalue weighted by Gasteiger charge is 2.15. The second kappa shape index (κ2) is 5.06. The molecular weight excluding hydrogens is 288 g/mol. The fraction of sp³-hybridized carbons (Fsp3) is 0.467. The number of halogens is 1. The van der Waals surface area contributed by atoms with Gasteiger partial charge in [-0.05, 0) is 30.5 Å². The molecule has 0 bridgehead atoms. The topological polar surface area (TPSA) is 17.0 Å². The molecule has 1 aliphatic rings. The molecule has 1 N–H and O–H groups in total. The minimum atomic E-state index is 0.725. The summed E-state index contributed by atoms with van der Waals surface area (Å²) in [6, 6.07) is 7.13. The van der Waals surface area contributed by atoms with E-state index in [1.807, 2.05) is 0 Å². The van der Waals surface area contributed by atoms with Crippen molar-refractivity contribution in [3.05, 3.63) is 34.4 Å². The summed E-state index contributed by atoms with van der Waals surface area (Å²) >= 11 is 3.67. The van der Waals surface area contributed by atoms with Gasteiger partial charge in [0.15, 0.2) is 0 Å². The highest BCUT2D eigenvalue weighted by Crippen LogP contribution is 2.29. The van der Waals surface area contributed by atoms with Crippen LogP contribution in [0, 0.1) is 0 Å². The lowest BCUT2D eigenvalue weighted by Crippen LogP contribution is -2.25. The first-order valence-electron chi connectivity index (χ1n) is 6.71. The average molecular weight is 307 g/mol. The zero-order chi connectivity index (χ0) is 12.5. The molecule has 96 valence electrons. The van der Waals surface area contributed by atoms with E-state index < -0.39 is 0 Å². The van der Waals surface area contributed by atoms with Crippen LogP contribution in [0.2, 0.25) is 0 Å². The van der Waals surface area contributed by atoms with Gasteiger partial charge in [-0.15, -0.1) is 0 Å². The van der Waals surface area contributed by atoms with Crippen molar-refractivity contribution >= 4 is 26.8 Å². The van der Waals surface area contributed by atoms with Gasteiger partial charge >= 0.3 is 0 Å². The number of hydrogen-bond donors (Lipinski definition) is 1. The SMILES string of the molecule is Cn1cc(CNC2CCCC2)c2c(Br)cccc21. The lowest BCUT2D eigenvalue weighted by Gasteiger charge is -2.11. The Balaban J connectivity index is 1.87. The first-order valence-corrected chi connectivity index (χ1v) is 7.51. The summed E-state index contributed by atoms with van der Waals surface area (Å²) in [7, 11) is 2.12. The lowest BCUT2D eigenvalue weighted by atomic mass is 10.1. The normalized spacial score (nSPS) is 16.8. The van der Waals surface area contributed by atoms with Gasteiger partial charge < -0.3 is 9.88 Å². The van der Waals surface area contributed by atoms with Gasteiger partial charge in [0.05, 0.1) is 0 Å². The number of hydrogen-bond acceptors (Lipinski definition) is 1. The van der Waals surface area contributed by atoms with Crippen LogP contribution in [0.5, 0.6) is 0 Å². The molecule has 1 fully saturated rings. The van der Waals surface area contributed by atoms with Crippen LogP contribution < -0.4 is 5.32 Å². The number of nitrogens with one attached hydrogen (secondary N) is 1. The standard InChI is InChI=1S/C15H19BrN2/c1-18-10-11(9-17-12-5-2-3-6-12)15-13(16)7-4-8-14(15)18/h4,7-8,10,12,17H,2-3,5-6,9H2,1H3. The van der Waals surface area contributed by atoms with Crippen LogP contribution in [-0.4, -0.2) is 10.6 Å². The number of aromatic nitrogens is 1. The first kappa shape index (κ1) is 12.2. The Hall–Kier alpha value is -0.800. The van der Waals surface area contributed by atoms with E-state index in [1.54, 1.807) is 0 Å². The molecular formula is C15H19BrN2. The molecule has 2 aromatic rings. The Kier molecular flexibility index (Phi) is 3.44. The summed E-state index contributed by atoms with van der Waals surface area (Å²) in [6.07, 6.45) is 7.70. The third kappa shape index (κ3) is 2.21. The van der Waals surface area contributed by atoms with E-state index in [2.05, 4.69) is 57.3 Å². The third-order valence-corrected chi connectivity index (χ3v) is 4.64. The van der Waals surface area contributed by atoms with Crippen molar-refractivity contribution in [1.82, 2.24) is 9.88 Å². The highest BCUT2D eigenvalue weighted by molar-refractivity contribution is 9.10. The molecule has 18 heavy (non-hydrogen) atoms. The highest BCUT2D eigenvalue weighted by atomic mass is 79.9. The van der Waals surface area contributed by atoms with E-state index in [4.69, 9.17) is 0 Å². The molecule has 0 aliphatic heterocycles. The maximum Gasteiger partial charge on any atom is 0.0492 e. The summed E-state index contributed by atoms with van der Waals surface area (Å²) in [5, 5.41) is 5.05. The summed E-state index contributed by atoms with van der Waals surface area (Å²) in [5.74, 6) is 0. The van der Waals surface area contributed by atoms with Crippen molar-refractivity contribution in [3.63, 3.8) is 0 Å². The Labute approximate surface area is 116 Å². The maximum atomic E-state index is 3.70. The average Bonchev–Trinajstić information content (AvgIpc) is 2.96. The minimum Gasteiger partial charge on any atom is -0.350 e. The molecule has 0 amide bonds. The summed E-state index contributed by atoms with van der Waals surface area (Å²) in [5.41, 5.74) is 2.69. The van der Waals surface area contributed by atoms with Crippen molar-refractivity contribution in [2.45, 2.75) is 38.3 Å². The zero-order valence-corrected chi connectivity index (χ0v) is 12.3. The van der Waals surface area contributed by atoms with Crippen molar-refractivity contribution in [3.8, 4) is 0 Å². The van der Waals surface area contributed by atoms with Crippen LogP contribution in [0.15, 0.2) is 28.9 Å². The lowest BCUT2D eigenvalue weighted by molar-refractivity contribution is 0.525. The van der Waals surface area contributed by atoms with Crippen LogP contribution >= 0.6 is 15.9 Å². The maximum absolute atomic E-state index is 3.70. The smallest absolute Gasteiger partial charge is 0.0492 e. The molecule has 1 aliphatic carbocycles. The molecule has 0 atom stereocenters. The van der Waals surface area contributed by atoms with E-state index in [0.717, 1.165) is 12.6 Å².